The number of rotatable bonds is 3. The van der Waals surface area contributed by atoms with Crippen molar-refractivity contribution in [1.82, 2.24) is 10.2 Å². The second-order valence-corrected chi connectivity index (χ2v) is 4.99. The van der Waals surface area contributed by atoms with Crippen LogP contribution >= 0.6 is 0 Å². The molecule has 96 valence electrons. The molecule has 1 aromatic rings. The topological polar surface area (TPSA) is 32.3 Å². The van der Waals surface area contributed by atoms with Crippen molar-refractivity contribution in [2.45, 2.75) is 19.4 Å². The van der Waals surface area contributed by atoms with Crippen LogP contribution in [0, 0.1) is 0 Å². The molecule has 2 rings (SSSR count). The molecule has 1 aromatic carbocycles. The maximum Gasteiger partial charge on any atom is 0.244 e. The van der Waals surface area contributed by atoms with E-state index in [9.17, 15) is 4.79 Å². The van der Waals surface area contributed by atoms with Gasteiger partial charge < -0.3 is 10.2 Å². The molecule has 3 heteroatoms. The van der Waals surface area contributed by atoms with Gasteiger partial charge in [0.15, 0.2) is 0 Å². The summed E-state index contributed by atoms with van der Waals surface area (Å²) in [4.78, 5) is 14.2. The fourth-order valence-electron chi connectivity index (χ4n) is 2.43. The number of hydrogen-bond acceptors (Lipinski definition) is 2. The van der Waals surface area contributed by atoms with Gasteiger partial charge in [0, 0.05) is 20.1 Å². The Hall–Kier alpha value is -1.61. The Morgan fingerprint density at radius 3 is 2.94 bits per heavy atom. The number of benzene rings is 1. The molecular weight excluding hydrogens is 224 g/mol. The predicted octanol–water partition coefficient (Wildman–Crippen LogP) is 1.91. The first kappa shape index (κ1) is 12.8. The largest absolute Gasteiger partial charge is 0.340 e. The van der Waals surface area contributed by atoms with E-state index in [1.807, 2.05) is 32.2 Å². The molecule has 1 heterocycles. The van der Waals surface area contributed by atoms with Gasteiger partial charge in [0.25, 0.3) is 0 Å². The summed E-state index contributed by atoms with van der Waals surface area (Å²) in [6.45, 7) is 7.25. The van der Waals surface area contributed by atoms with Crippen LogP contribution in [0.5, 0.6) is 0 Å². The third kappa shape index (κ3) is 2.62. The van der Waals surface area contributed by atoms with Gasteiger partial charge in [0.05, 0.1) is 0 Å². The summed E-state index contributed by atoms with van der Waals surface area (Å²) in [5, 5.41) is 3.31. The van der Waals surface area contributed by atoms with Gasteiger partial charge in [-0.3, -0.25) is 4.79 Å². The van der Waals surface area contributed by atoms with E-state index in [1.54, 1.807) is 4.90 Å². The summed E-state index contributed by atoms with van der Waals surface area (Å²) in [5.74, 6) is 0.116. The molecule has 3 nitrogen and oxygen atoms in total. The van der Waals surface area contributed by atoms with E-state index in [-0.39, 0.29) is 11.9 Å². The second kappa shape index (κ2) is 5.36. The standard InChI is InChI=1S/C15H20N2O/c1-11(2)10-17(3)15(18)14-13-7-5-4-6-12(13)8-9-16-14/h4-7,14,16H,1,8-10H2,2-3H3. The van der Waals surface area contributed by atoms with Gasteiger partial charge in [-0.1, -0.05) is 36.4 Å². The fourth-order valence-corrected chi connectivity index (χ4v) is 2.43. The number of likely N-dealkylation sites (N-methyl/N-ethyl adjacent to an activating group) is 1. The van der Waals surface area contributed by atoms with Crippen molar-refractivity contribution in [3.05, 3.63) is 47.5 Å². The first-order valence-corrected chi connectivity index (χ1v) is 6.30. The molecule has 0 spiro atoms. The van der Waals surface area contributed by atoms with Crippen molar-refractivity contribution in [1.29, 1.82) is 0 Å². The zero-order valence-corrected chi connectivity index (χ0v) is 11.1. The minimum absolute atomic E-state index is 0.116. The van der Waals surface area contributed by atoms with E-state index >= 15 is 0 Å². The maximum atomic E-state index is 12.4. The highest BCUT2D eigenvalue weighted by Gasteiger charge is 2.27. The number of carbonyl (C=O) groups is 1. The number of nitrogens with zero attached hydrogens (tertiary/aromatic N) is 1. The normalized spacial score (nSPS) is 18.0. The molecule has 0 bridgehead atoms. The van der Waals surface area contributed by atoms with Crippen molar-refractivity contribution in [3.63, 3.8) is 0 Å². The summed E-state index contributed by atoms with van der Waals surface area (Å²) in [6, 6.07) is 7.96. The van der Waals surface area contributed by atoms with Gasteiger partial charge in [0.2, 0.25) is 5.91 Å². The molecular formula is C15H20N2O. The summed E-state index contributed by atoms with van der Waals surface area (Å²) < 4.78 is 0. The summed E-state index contributed by atoms with van der Waals surface area (Å²) in [7, 11) is 1.83. The van der Waals surface area contributed by atoms with Crippen LogP contribution in [-0.2, 0) is 11.2 Å². The van der Waals surface area contributed by atoms with Crippen molar-refractivity contribution < 1.29 is 4.79 Å². The number of hydrogen-bond donors (Lipinski definition) is 1. The molecule has 0 aromatic heterocycles. The molecule has 1 aliphatic rings. The van der Waals surface area contributed by atoms with Crippen LogP contribution in [0.4, 0.5) is 0 Å². The molecule has 0 aliphatic carbocycles. The van der Waals surface area contributed by atoms with Gasteiger partial charge in [0.1, 0.15) is 6.04 Å². The third-order valence-corrected chi connectivity index (χ3v) is 3.24. The van der Waals surface area contributed by atoms with Gasteiger partial charge >= 0.3 is 0 Å². The molecule has 1 atom stereocenters. The Morgan fingerprint density at radius 2 is 2.22 bits per heavy atom. The molecule has 0 fully saturated rings. The molecule has 1 unspecified atom stereocenters. The van der Waals surface area contributed by atoms with Crippen LogP contribution in [0.3, 0.4) is 0 Å². The van der Waals surface area contributed by atoms with E-state index in [0.29, 0.717) is 6.54 Å². The van der Waals surface area contributed by atoms with Crippen molar-refractivity contribution in [2.75, 3.05) is 20.1 Å². The highest BCUT2D eigenvalue weighted by molar-refractivity contribution is 5.84. The molecule has 1 aliphatic heterocycles. The average Bonchev–Trinajstić information content (AvgIpc) is 2.36. The summed E-state index contributed by atoms with van der Waals surface area (Å²) in [5.41, 5.74) is 3.38. The molecule has 1 N–H and O–H groups in total. The van der Waals surface area contributed by atoms with Gasteiger partial charge in [-0.2, -0.15) is 0 Å². The van der Waals surface area contributed by atoms with Crippen molar-refractivity contribution in [2.24, 2.45) is 0 Å². The molecule has 0 radical (unpaired) electrons. The lowest BCUT2D eigenvalue weighted by Gasteiger charge is -2.29. The Balaban J connectivity index is 2.20. The third-order valence-electron chi connectivity index (χ3n) is 3.24. The smallest absolute Gasteiger partial charge is 0.244 e. The zero-order chi connectivity index (χ0) is 13.1. The van der Waals surface area contributed by atoms with Crippen LogP contribution in [0.1, 0.15) is 24.1 Å². The van der Waals surface area contributed by atoms with Crippen molar-refractivity contribution >= 4 is 5.91 Å². The fraction of sp³-hybridized carbons (Fsp3) is 0.400. The van der Waals surface area contributed by atoms with Crippen molar-refractivity contribution in [3.8, 4) is 0 Å². The molecule has 0 saturated heterocycles. The van der Waals surface area contributed by atoms with Crippen LogP contribution in [0.15, 0.2) is 36.4 Å². The molecule has 0 saturated carbocycles. The lowest BCUT2D eigenvalue weighted by atomic mass is 9.93. The molecule has 18 heavy (non-hydrogen) atoms. The Morgan fingerprint density at radius 1 is 1.50 bits per heavy atom. The lowest BCUT2D eigenvalue weighted by molar-refractivity contribution is -0.132. The lowest BCUT2D eigenvalue weighted by Crippen LogP contribution is -2.42. The highest BCUT2D eigenvalue weighted by atomic mass is 16.2. The Labute approximate surface area is 108 Å². The Bertz CT molecular complexity index is 467. The first-order chi connectivity index (χ1) is 8.59. The number of fused-ring (bicyclic) bond motifs is 1. The SMILES string of the molecule is C=C(C)CN(C)C(=O)C1NCCc2ccccc21. The summed E-state index contributed by atoms with van der Waals surface area (Å²) >= 11 is 0. The highest BCUT2D eigenvalue weighted by Crippen LogP contribution is 2.24. The second-order valence-electron chi connectivity index (χ2n) is 4.99. The van der Waals surface area contributed by atoms with Gasteiger partial charge in [-0.15, -0.1) is 0 Å². The quantitative estimate of drug-likeness (QED) is 0.824. The van der Waals surface area contributed by atoms with Gasteiger partial charge in [-0.05, 0) is 24.5 Å². The number of amides is 1. The maximum absolute atomic E-state index is 12.4. The number of carbonyl (C=O) groups excluding carboxylic acids is 1. The Kier molecular flexibility index (Phi) is 3.82. The van der Waals surface area contributed by atoms with Crippen LogP contribution in [-0.4, -0.2) is 30.9 Å². The average molecular weight is 244 g/mol. The van der Waals surface area contributed by atoms with Gasteiger partial charge in [-0.25, -0.2) is 0 Å². The van der Waals surface area contributed by atoms with Crippen LogP contribution in [0.25, 0.3) is 0 Å². The predicted molar refractivity (Wildman–Crippen MR) is 73.3 cm³/mol. The van der Waals surface area contributed by atoms with E-state index in [1.165, 1.54) is 5.56 Å². The van der Waals surface area contributed by atoms with Crippen LogP contribution in [0.2, 0.25) is 0 Å². The van der Waals surface area contributed by atoms with Crippen LogP contribution < -0.4 is 5.32 Å². The zero-order valence-electron chi connectivity index (χ0n) is 11.1. The number of nitrogens with one attached hydrogen (secondary N) is 1. The monoisotopic (exact) mass is 244 g/mol. The minimum Gasteiger partial charge on any atom is -0.340 e. The molecule has 1 amide bonds. The summed E-state index contributed by atoms with van der Waals surface area (Å²) in [6.07, 6.45) is 0.990. The minimum atomic E-state index is -0.209. The van der Waals surface area contributed by atoms with E-state index < -0.39 is 0 Å². The first-order valence-electron chi connectivity index (χ1n) is 6.30. The van der Waals surface area contributed by atoms with E-state index in [0.717, 1.165) is 24.1 Å². The van der Waals surface area contributed by atoms with E-state index in [2.05, 4.69) is 18.0 Å². The van der Waals surface area contributed by atoms with E-state index in [4.69, 9.17) is 0 Å².